The van der Waals surface area contributed by atoms with Crippen molar-refractivity contribution in [1.82, 2.24) is 9.97 Å². The van der Waals surface area contributed by atoms with Crippen LogP contribution < -0.4 is 4.31 Å². The molecule has 0 N–H and O–H groups in total. The zero-order valence-corrected chi connectivity index (χ0v) is 17.9. The predicted octanol–water partition coefficient (Wildman–Crippen LogP) is 4.80. The lowest BCUT2D eigenvalue weighted by molar-refractivity contribution is 0.598. The Morgan fingerprint density at radius 3 is 2.43 bits per heavy atom. The molecule has 5 nitrogen and oxygen atoms in total. The summed E-state index contributed by atoms with van der Waals surface area (Å²) in [5.41, 5.74) is 3.56. The van der Waals surface area contributed by atoms with Crippen LogP contribution in [0.3, 0.4) is 0 Å². The molecule has 2 aromatic heterocycles. The van der Waals surface area contributed by atoms with Gasteiger partial charge in [0, 0.05) is 17.5 Å². The highest BCUT2D eigenvalue weighted by atomic mass is 32.2. The van der Waals surface area contributed by atoms with Crippen LogP contribution in [-0.4, -0.2) is 31.2 Å². The van der Waals surface area contributed by atoms with E-state index in [0.717, 1.165) is 33.2 Å². The minimum atomic E-state index is -3.27. The molecule has 0 aliphatic heterocycles. The third kappa shape index (κ3) is 3.94. The van der Waals surface area contributed by atoms with Gasteiger partial charge in [0.1, 0.15) is 10.0 Å². The van der Waals surface area contributed by atoms with Crippen molar-refractivity contribution in [3.05, 3.63) is 63.9 Å². The summed E-state index contributed by atoms with van der Waals surface area (Å²) in [7, 11) is -3.27. The van der Waals surface area contributed by atoms with Crippen LogP contribution in [0.2, 0.25) is 0 Å². The maximum atomic E-state index is 11.9. The molecular formula is C20H19N3O2S3. The van der Waals surface area contributed by atoms with Gasteiger partial charge >= 0.3 is 0 Å². The van der Waals surface area contributed by atoms with Crippen LogP contribution in [0.5, 0.6) is 0 Å². The van der Waals surface area contributed by atoms with Gasteiger partial charge in [0.2, 0.25) is 10.0 Å². The molecular weight excluding hydrogens is 410 g/mol. The third-order valence-electron chi connectivity index (χ3n) is 4.33. The number of para-hydroxylation sites is 1. The summed E-state index contributed by atoms with van der Waals surface area (Å²) in [6.07, 6.45) is 1.94. The van der Waals surface area contributed by atoms with E-state index in [9.17, 15) is 8.42 Å². The number of rotatable bonds is 6. The van der Waals surface area contributed by atoms with E-state index in [1.165, 1.54) is 15.3 Å². The standard InChI is InChI=1S/C20H19N3O2S3/c1-3-23(28(2,24)25)15-10-8-14(9-11-15)17-13-26-19(22-17)12-20-21-16-6-4-5-7-18(16)27-20/h4-11,13H,3,12H2,1-2H3. The van der Waals surface area contributed by atoms with Gasteiger partial charge in [-0.15, -0.1) is 22.7 Å². The van der Waals surface area contributed by atoms with E-state index in [0.29, 0.717) is 12.2 Å². The van der Waals surface area contributed by atoms with Crippen LogP contribution in [0.4, 0.5) is 5.69 Å². The smallest absolute Gasteiger partial charge is 0.232 e. The molecule has 0 saturated carbocycles. The predicted molar refractivity (Wildman–Crippen MR) is 118 cm³/mol. The minimum Gasteiger partial charge on any atom is -0.271 e. The number of benzene rings is 2. The lowest BCUT2D eigenvalue weighted by Crippen LogP contribution is -2.29. The van der Waals surface area contributed by atoms with E-state index in [-0.39, 0.29) is 0 Å². The molecule has 4 aromatic rings. The van der Waals surface area contributed by atoms with Gasteiger partial charge in [-0.3, -0.25) is 4.31 Å². The van der Waals surface area contributed by atoms with Gasteiger partial charge in [-0.05, 0) is 31.2 Å². The molecule has 0 fully saturated rings. The summed E-state index contributed by atoms with van der Waals surface area (Å²) in [5, 5.41) is 4.11. The summed E-state index contributed by atoms with van der Waals surface area (Å²) >= 11 is 3.32. The molecule has 28 heavy (non-hydrogen) atoms. The molecule has 4 rings (SSSR count). The Hall–Kier alpha value is -2.29. The first-order valence-electron chi connectivity index (χ1n) is 8.81. The van der Waals surface area contributed by atoms with Crippen LogP contribution >= 0.6 is 22.7 Å². The number of fused-ring (bicyclic) bond motifs is 1. The van der Waals surface area contributed by atoms with Crippen molar-refractivity contribution in [1.29, 1.82) is 0 Å². The van der Waals surface area contributed by atoms with Crippen molar-refractivity contribution in [3.8, 4) is 11.3 Å². The summed E-state index contributed by atoms with van der Waals surface area (Å²) in [6, 6.07) is 15.6. The second-order valence-electron chi connectivity index (χ2n) is 6.35. The Balaban J connectivity index is 1.54. The SMILES string of the molecule is CCN(c1ccc(-c2csc(Cc3nc4ccccc4s3)n2)cc1)S(C)(=O)=O. The van der Waals surface area contributed by atoms with E-state index in [2.05, 4.69) is 11.1 Å². The zero-order chi connectivity index (χ0) is 19.7. The molecule has 0 aliphatic rings. The Labute approximate surface area is 172 Å². The molecule has 0 aliphatic carbocycles. The topological polar surface area (TPSA) is 63.2 Å². The first-order chi connectivity index (χ1) is 13.4. The van der Waals surface area contributed by atoms with Gasteiger partial charge in [0.25, 0.3) is 0 Å². The molecule has 2 heterocycles. The molecule has 0 radical (unpaired) electrons. The summed E-state index contributed by atoms with van der Waals surface area (Å²) in [6.45, 7) is 2.23. The first kappa shape index (κ1) is 19.0. The molecule has 8 heteroatoms. The van der Waals surface area contributed by atoms with Crippen molar-refractivity contribution in [2.75, 3.05) is 17.1 Å². The van der Waals surface area contributed by atoms with Crippen molar-refractivity contribution in [3.63, 3.8) is 0 Å². The highest BCUT2D eigenvalue weighted by molar-refractivity contribution is 7.92. The van der Waals surface area contributed by atoms with Crippen LogP contribution in [0, 0.1) is 0 Å². The second kappa shape index (κ2) is 7.62. The summed E-state index contributed by atoms with van der Waals surface area (Å²) in [5.74, 6) is 0. The average molecular weight is 430 g/mol. The van der Waals surface area contributed by atoms with Crippen LogP contribution in [-0.2, 0) is 16.4 Å². The Bertz CT molecular complexity index is 1180. The summed E-state index contributed by atoms with van der Waals surface area (Å²) in [4.78, 5) is 9.42. The molecule has 144 valence electrons. The van der Waals surface area contributed by atoms with E-state index < -0.39 is 10.0 Å². The molecule has 0 saturated heterocycles. The molecule has 0 unspecified atom stereocenters. The largest absolute Gasteiger partial charge is 0.271 e. The molecule has 0 spiro atoms. The first-order valence-corrected chi connectivity index (χ1v) is 12.4. The van der Waals surface area contributed by atoms with Gasteiger partial charge in [0.05, 0.1) is 34.3 Å². The van der Waals surface area contributed by atoms with Crippen LogP contribution in [0.15, 0.2) is 53.9 Å². The number of thiazole rings is 2. The van der Waals surface area contributed by atoms with E-state index >= 15 is 0 Å². The van der Waals surface area contributed by atoms with E-state index in [4.69, 9.17) is 4.98 Å². The lowest BCUT2D eigenvalue weighted by Gasteiger charge is -2.20. The van der Waals surface area contributed by atoms with Crippen LogP contribution in [0.1, 0.15) is 16.9 Å². The number of aromatic nitrogens is 2. The van der Waals surface area contributed by atoms with Crippen molar-refractivity contribution in [2.24, 2.45) is 0 Å². The van der Waals surface area contributed by atoms with Gasteiger partial charge in [-0.1, -0.05) is 24.3 Å². The fraction of sp³-hybridized carbons (Fsp3) is 0.200. The maximum absolute atomic E-state index is 11.9. The lowest BCUT2D eigenvalue weighted by atomic mass is 10.1. The molecule has 0 atom stereocenters. The van der Waals surface area contributed by atoms with Crippen LogP contribution in [0.25, 0.3) is 21.5 Å². The number of hydrogen-bond donors (Lipinski definition) is 0. The number of anilines is 1. The maximum Gasteiger partial charge on any atom is 0.232 e. The van der Waals surface area contributed by atoms with E-state index in [1.54, 1.807) is 22.7 Å². The van der Waals surface area contributed by atoms with Crippen molar-refractivity contribution < 1.29 is 8.42 Å². The van der Waals surface area contributed by atoms with Crippen molar-refractivity contribution in [2.45, 2.75) is 13.3 Å². The quantitative estimate of drug-likeness (QED) is 0.442. The molecule has 0 amide bonds. The second-order valence-corrected chi connectivity index (χ2v) is 10.3. The van der Waals surface area contributed by atoms with Gasteiger partial charge in [-0.2, -0.15) is 0 Å². The molecule has 2 aromatic carbocycles. The zero-order valence-electron chi connectivity index (χ0n) is 15.5. The monoisotopic (exact) mass is 429 g/mol. The summed E-state index contributed by atoms with van der Waals surface area (Å²) < 4.78 is 26.3. The number of sulfonamides is 1. The number of nitrogens with zero attached hydrogens (tertiary/aromatic N) is 3. The Morgan fingerprint density at radius 1 is 1.00 bits per heavy atom. The Kier molecular flexibility index (Phi) is 5.18. The fourth-order valence-corrected chi connectivity index (χ4v) is 5.90. The molecule has 0 bridgehead atoms. The van der Waals surface area contributed by atoms with Gasteiger partial charge in [0.15, 0.2) is 0 Å². The third-order valence-corrected chi connectivity index (χ3v) is 7.49. The van der Waals surface area contributed by atoms with Gasteiger partial charge in [-0.25, -0.2) is 18.4 Å². The average Bonchev–Trinajstić information content (AvgIpc) is 3.28. The minimum absolute atomic E-state index is 0.404. The number of hydrogen-bond acceptors (Lipinski definition) is 6. The normalized spacial score (nSPS) is 11.8. The van der Waals surface area contributed by atoms with Gasteiger partial charge < -0.3 is 0 Å². The Morgan fingerprint density at radius 2 is 1.75 bits per heavy atom. The highest BCUT2D eigenvalue weighted by Crippen LogP contribution is 2.28. The highest BCUT2D eigenvalue weighted by Gasteiger charge is 2.15. The van der Waals surface area contributed by atoms with Crippen molar-refractivity contribution >= 4 is 48.6 Å². The fourth-order valence-electron chi connectivity index (χ4n) is 3.06. The van der Waals surface area contributed by atoms with E-state index in [1.807, 2.05) is 54.8 Å².